The van der Waals surface area contributed by atoms with Gasteiger partial charge in [-0.15, -0.1) is 0 Å². The van der Waals surface area contributed by atoms with Crippen molar-refractivity contribution in [3.05, 3.63) is 23.8 Å². The minimum absolute atomic E-state index is 0.00852. The molecule has 0 unspecified atom stereocenters. The van der Waals surface area contributed by atoms with E-state index in [1.807, 2.05) is 23.1 Å². The SMILES string of the molecule is O=C1CCc2cccc(OCCCC(=O)N(CCO)C3CCCCC3)c2N1. The van der Waals surface area contributed by atoms with E-state index in [9.17, 15) is 14.7 Å². The van der Waals surface area contributed by atoms with E-state index in [1.54, 1.807) is 0 Å². The number of aryl methyl sites for hydroxylation is 1. The van der Waals surface area contributed by atoms with E-state index in [1.165, 1.54) is 6.42 Å². The molecule has 6 heteroatoms. The third-order valence-corrected chi connectivity index (χ3v) is 5.47. The molecule has 0 saturated heterocycles. The maximum atomic E-state index is 12.6. The molecule has 0 spiro atoms. The largest absolute Gasteiger partial charge is 0.491 e. The summed E-state index contributed by atoms with van der Waals surface area (Å²) in [5.41, 5.74) is 1.86. The Balaban J connectivity index is 1.49. The summed E-state index contributed by atoms with van der Waals surface area (Å²) in [5.74, 6) is 0.788. The van der Waals surface area contributed by atoms with Gasteiger partial charge in [0.25, 0.3) is 0 Å². The number of fused-ring (bicyclic) bond motifs is 1. The Morgan fingerprint density at radius 2 is 2.04 bits per heavy atom. The average Bonchev–Trinajstić information content (AvgIpc) is 2.70. The van der Waals surface area contributed by atoms with Crippen LogP contribution in [-0.4, -0.2) is 47.6 Å². The van der Waals surface area contributed by atoms with Crippen molar-refractivity contribution in [2.75, 3.05) is 25.1 Å². The summed E-state index contributed by atoms with van der Waals surface area (Å²) in [6.45, 7) is 0.854. The number of rotatable bonds is 8. The van der Waals surface area contributed by atoms with Gasteiger partial charge in [-0.05, 0) is 37.3 Å². The molecule has 148 valence electrons. The number of aliphatic hydroxyl groups excluding tert-OH is 1. The van der Waals surface area contributed by atoms with Crippen LogP contribution in [0.25, 0.3) is 0 Å². The van der Waals surface area contributed by atoms with Crippen LogP contribution >= 0.6 is 0 Å². The molecule has 6 nitrogen and oxygen atoms in total. The second-order valence-corrected chi connectivity index (χ2v) is 7.39. The van der Waals surface area contributed by atoms with E-state index in [4.69, 9.17) is 4.74 Å². The third kappa shape index (κ3) is 5.22. The van der Waals surface area contributed by atoms with Crippen molar-refractivity contribution in [1.29, 1.82) is 0 Å². The number of para-hydroxylation sites is 1. The lowest BCUT2D eigenvalue weighted by atomic mass is 9.94. The summed E-state index contributed by atoms with van der Waals surface area (Å²) >= 11 is 0. The molecule has 0 atom stereocenters. The minimum atomic E-state index is 0.00852. The molecule has 1 aliphatic heterocycles. The molecule has 1 saturated carbocycles. The van der Waals surface area contributed by atoms with Crippen molar-refractivity contribution >= 4 is 17.5 Å². The number of aliphatic hydroxyl groups is 1. The first-order valence-corrected chi connectivity index (χ1v) is 10.1. The maximum absolute atomic E-state index is 12.6. The smallest absolute Gasteiger partial charge is 0.224 e. The van der Waals surface area contributed by atoms with E-state index in [-0.39, 0.29) is 24.5 Å². The van der Waals surface area contributed by atoms with E-state index in [0.29, 0.717) is 38.2 Å². The average molecular weight is 374 g/mol. The zero-order chi connectivity index (χ0) is 19.1. The molecule has 1 aliphatic carbocycles. The van der Waals surface area contributed by atoms with Gasteiger partial charge in [-0.2, -0.15) is 0 Å². The number of nitrogens with one attached hydrogen (secondary N) is 1. The molecule has 1 aromatic carbocycles. The molecule has 27 heavy (non-hydrogen) atoms. The standard InChI is InChI=1S/C21H30N2O4/c24-14-13-23(17-7-2-1-3-8-17)20(26)10-5-15-27-18-9-4-6-16-11-12-19(25)22-21(16)18/h4,6,9,17,24H,1-3,5,7-8,10-15H2,(H,22,25). The summed E-state index contributed by atoms with van der Waals surface area (Å²) < 4.78 is 5.85. The van der Waals surface area contributed by atoms with Crippen LogP contribution in [-0.2, 0) is 16.0 Å². The Hall–Kier alpha value is -2.08. The van der Waals surface area contributed by atoms with Gasteiger partial charge >= 0.3 is 0 Å². The second-order valence-electron chi connectivity index (χ2n) is 7.39. The quantitative estimate of drug-likeness (QED) is 0.686. The van der Waals surface area contributed by atoms with Crippen LogP contribution in [0.1, 0.15) is 56.9 Å². The molecule has 2 N–H and O–H groups in total. The minimum Gasteiger partial charge on any atom is -0.491 e. The van der Waals surface area contributed by atoms with Crippen molar-refractivity contribution in [1.82, 2.24) is 4.90 Å². The molecular weight excluding hydrogens is 344 g/mol. The lowest BCUT2D eigenvalue weighted by Crippen LogP contribution is -2.43. The molecule has 1 heterocycles. The van der Waals surface area contributed by atoms with Gasteiger partial charge in [0.1, 0.15) is 5.75 Å². The monoisotopic (exact) mass is 374 g/mol. The number of anilines is 1. The normalized spacial score (nSPS) is 17.1. The molecule has 0 bridgehead atoms. The van der Waals surface area contributed by atoms with E-state index < -0.39 is 0 Å². The lowest BCUT2D eigenvalue weighted by molar-refractivity contribution is -0.135. The van der Waals surface area contributed by atoms with Crippen molar-refractivity contribution in [3.8, 4) is 5.75 Å². The third-order valence-electron chi connectivity index (χ3n) is 5.47. The van der Waals surface area contributed by atoms with Crippen LogP contribution < -0.4 is 10.1 Å². The first kappa shape index (κ1) is 19.7. The highest BCUT2D eigenvalue weighted by molar-refractivity contribution is 5.95. The summed E-state index contributed by atoms with van der Waals surface area (Å²) in [6.07, 6.45) is 7.91. The summed E-state index contributed by atoms with van der Waals surface area (Å²) in [5, 5.41) is 12.2. The fourth-order valence-corrected chi connectivity index (χ4v) is 4.06. The predicted octanol–water partition coefficient (Wildman–Crippen LogP) is 2.88. The van der Waals surface area contributed by atoms with Crippen LogP contribution in [0.4, 0.5) is 5.69 Å². The van der Waals surface area contributed by atoms with Crippen LogP contribution in [0.3, 0.4) is 0 Å². The van der Waals surface area contributed by atoms with Gasteiger partial charge in [-0.25, -0.2) is 0 Å². The first-order valence-electron chi connectivity index (χ1n) is 10.1. The van der Waals surface area contributed by atoms with Gasteiger partial charge in [0, 0.05) is 25.4 Å². The Bertz CT molecular complexity index is 656. The summed E-state index contributed by atoms with van der Waals surface area (Å²) in [6, 6.07) is 6.06. The van der Waals surface area contributed by atoms with E-state index in [0.717, 1.165) is 43.4 Å². The highest BCUT2D eigenvalue weighted by Gasteiger charge is 2.24. The number of nitrogens with zero attached hydrogens (tertiary/aromatic N) is 1. The molecular formula is C21H30N2O4. The van der Waals surface area contributed by atoms with Crippen LogP contribution in [0.5, 0.6) is 5.75 Å². The fraction of sp³-hybridized carbons (Fsp3) is 0.619. The number of carbonyl (C=O) groups excluding carboxylic acids is 2. The van der Waals surface area contributed by atoms with Gasteiger partial charge in [-0.1, -0.05) is 31.4 Å². The number of carbonyl (C=O) groups is 2. The molecule has 2 amide bonds. The van der Waals surface area contributed by atoms with Crippen LogP contribution in [0.15, 0.2) is 18.2 Å². The second kappa shape index (κ2) is 9.74. The number of amides is 2. The van der Waals surface area contributed by atoms with Crippen molar-refractivity contribution < 1.29 is 19.4 Å². The molecule has 1 fully saturated rings. The molecule has 2 aliphatic rings. The lowest BCUT2D eigenvalue weighted by Gasteiger charge is -2.34. The maximum Gasteiger partial charge on any atom is 0.224 e. The Morgan fingerprint density at radius 3 is 2.81 bits per heavy atom. The number of ether oxygens (including phenoxy) is 1. The Morgan fingerprint density at radius 1 is 1.22 bits per heavy atom. The van der Waals surface area contributed by atoms with Crippen molar-refractivity contribution in [3.63, 3.8) is 0 Å². The topological polar surface area (TPSA) is 78.9 Å². The van der Waals surface area contributed by atoms with Gasteiger partial charge in [-0.3, -0.25) is 9.59 Å². The van der Waals surface area contributed by atoms with E-state index >= 15 is 0 Å². The highest BCUT2D eigenvalue weighted by Crippen LogP contribution is 2.32. The fourth-order valence-electron chi connectivity index (χ4n) is 4.06. The van der Waals surface area contributed by atoms with Crippen molar-refractivity contribution in [2.45, 2.75) is 63.8 Å². The zero-order valence-electron chi connectivity index (χ0n) is 15.9. The Kier molecular flexibility index (Phi) is 7.10. The zero-order valence-corrected chi connectivity index (χ0v) is 15.9. The van der Waals surface area contributed by atoms with Crippen LogP contribution in [0.2, 0.25) is 0 Å². The van der Waals surface area contributed by atoms with Gasteiger partial charge in [0.05, 0.1) is 18.9 Å². The van der Waals surface area contributed by atoms with Gasteiger partial charge < -0.3 is 20.1 Å². The number of hydrogen-bond donors (Lipinski definition) is 2. The van der Waals surface area contributed by atoms with Crippen molar-refractivity contribution in [2.24, 2.45) is 0 Å². The Labute approximate surface area is 160 Å². The summed E-state index contributed by atoms with van der Waals surface area (Å²) in [7, 11) is 0. The van der Waals surface area contributed by atoms with E-state index in [2.05, 4.69) is 5.32 Å². The molecule has 0 aromatic heterocycles. The highest BCUT2D eigenvalue weighted by atomic mass is 16.5. The van der Waals surface area contributed by atoms with Crippen LogP contribution in [0, 0.1) is 0 Å². The van der Waals surface area contributed by atoms with Gasteiger partial charge in [0.15, 0.2) is 0 Å². The molecule has 1 aromatic rings. The summed E-state index contributed by atoms with van der Waals surface area (Å²) in [4.78, 5) is 26.1. The first-order chi connectivity index (χ1) is 13.2. The molecule has 3 rings (SSSR count). The van der Waals surface area contributed by atoms with Gasteiger partial charge in [0.2, 0.25) is 11.8 Å². The predicted molar refractivity (Wildman–Crippen MR) is 104 cm³/mol. The number of hydrogen-bond acceptors (Lipinski definition) is 4. The number of benzene rings is 1. The molecule has 0 radical (unpaired) electrons.